The lowest BCUT2D eigenvalue weighted by atomic mass is 9.84. The number of ether oxygens (including phenoxy) is 1. The highest BCUT2D eigenvalue weighted by Gasteiger charge is 2.64. The zero-order valence-electron chi connectivity index (χ0n) is 13.0. The highest BCUT2D eigenvalue weighted by Crippen LogP contribution is 2.51. The van der Waals surface area contributed by atoms with Crippen LogP contribution in [0.25, 0.3) is 0 Å². The first-order chi connectivity index (χ1) is 11.6. The number of hydrogen-bond acceptors (Lipinski definition) is 4. The Morgan fingerprint density at radius 3 is 2.72 bits per heavy atom. The fraction of sp³-hybridized carbons (Fsp3) is 0.438. The smallest absolute Gasteiger partial charge is 0.362 e. The van der Waals surface area contributed by atoms with E-state index in [2.05, 4.69) is 0 Å². The predicted octanol–water partition coefficient (Wildman–Crippen LogP) is 2.44. The van der Waals surface area contributed by atoms with Crippen LogP contribution in [0.1, 0.15) is 18.1 Å². The molecule has 0 spiro atoms. The third kappa shape index (κ3) is 2.14. The monoisotopic (exact) mass is 370 g/mol. The lowest BCUT2D eigenvalue weighted by molar-refractivity contribution is -0.137. The Kier molecular flexibility index (Phi) is 3.13. The Hall–Kier alpha value is -2.05. The van der Waals surface area contributed by atoms with Crippen molar-refractivity contribution in [2.24, 2.45) is 5.92 Å². The van der Waals surface area contributed by atoms with Crippen molar-refractivity contribution in [1.29, 1.82) is 5.26 Å². The molecule has 2 saturated heterocycles. The standard InChI is InChI=1S/C16H13F3N2O3S/c1-15-5-4-13(24-15)14-12(15)8-21(25(14,22)23)10-3-2-9(7-20)11(6-10)16(17,18)19/h2-6,12-14H,8H2,1H3/t12-,13-,14+,15+/m0/s1. The van der Waals surface area contributed by atoms with Crippen molar-refractivity contribution in [2.45, 2.75) is 30.1 Å². The number of halogens is 3. The fourth-order valence-electron chi connectivity index (χ4n) is 3.96. The molecule has 1 aromatic rings. The molecule has 5 nitrogen and oxygen atoms in total. The van der Waals surface area contributed by atoms with Crippen molar-refractivity contribution < 1.29 is 26.3 Å². The van der Waals surface area contributed by atoms with Gasteiger partial charge in [0.15, 0.2) is 0 Å². The summed E-state index contributed by atoms with van der Waals surface area (Å²) in [7, 11) is -3.86. The average Bonchev–Trinajstić information content (AvgIpc) is 3.13. The molecule has 4 atom stereocenters. The van der Waals surface area contributed by atoms with Crippen LogP contribution < -0.4 is 4.31 Å². The van der Waals surface area contributed by atoms with Crippen LogP contribution in [0.15, 0.2) is 30.4 Å². The lowest BCUT2D eigenvalue weighted by Crippen LogP contribution is -2.35. The fourth-order valence-corrected chi connectivity index (χ4v) is 6.29. The van der Waals surface area contributed by atoms with E-state index >= 15 is 0 Å². The highest BCUT2D eigenvalue weighted by atomic mass is 32.2. The van der Waals surface area contributed by atoms with E-state index in [0.717, 1.165) is 16.4 Å². The van der Waals surface area contributed by atoms with E-state index in [4.69, 9.17) is 10.00 Å². The first kappa shape index (κ1) is 16.4. The number of nitriles is 1. The van der Waals surface area contributed by atoms with Crippen LogP contribution in [0, 0.1) is 17.2 Å². The van der Waals surface area contributed by atoms with Gasteiger partial charge in [-0.05, 0) is 25.1 Å². The number of nitrogens with zero attached hydrogens (tertiary/aromatic N) is 2. The SMILES string of the molecule is C[C@]12C=C[C@H](O1)[C@H]1[C@@H]2CN(c2ccc(C#N)c(C(F)(F)F)c2)S1(=O)=O. The minimum absolute atomic E-state index is 0.0491. The molecule has 25 heavy (non-hydrogen) atoms. The maximum atomic E-state index is 13.2. The van der Waals surface area contributed by atoms with Gasteiger partial charge in [0.25, 0.3) is 0 Å². The van der Waals surface area contributed by atoms with Gasteiger partial charge in [-0.25, -0.2) is 8.42 Å². The number of hydrogen-bond donors (Lipinski definition) is 0. The van der Waals surface area contributed by atoms with Gasteiger partial charge in [-0.3, -0.25) is 4.31 Å². The lowest BCUT2D eigenvalue weighted by Gasteiger charge is -2.25. The van der Waals surface area contributed by atoms with E-state index in [9.17, 15) is 21.6 Å². The molecule has 9 heteroatoms. The Morgan fingerprint density at radius 2 is 2.12 bits per heavy atom. The number of rotatable bonds is 1. The molecule has 2 bridgehead atoms. The van der Waals surface area contributed by atoms with Gasteiger partial charge in [0.2, 0.25) is 10.0 Å². The van der Waals surface area contributed by atoms with E-state index < -0.39 is 44.3 Å². The molecule has 0 radical (unpaired) electrons. The van der Waals surface area contributed by atoms with Crippen LogP contribution in [0.4, 0.5) is 18.9 Å². The number of alkyl halides is 3. The number of anilines is 1. The van der Waals surface area contributed by atoms with Crippen LogP contribution in [0.2, 0.25) is 0 Å². The van der Waals surface area contributed by atoms with E-state index in [1.165, 1.54) is 12.1 Å². The highest BCUT2D eigenvalue weighted by molar-refractivity contribution is 7.93. The van der Waals surface area contributed by atoms with E-state index in [1.54, 1.807) is 13.0 Å². The minimum atomic E-state index is -4.74. The maximum Gasteiger partial charge on any atom is 0.417 e. The maximum absolute atomic E-state index is 13.2. The molecule has 0 N–H and O–H groups in total. The third-order valence-electron chi connectivity index (χ3n) is 5.19. The Labute approximate surface area is 142 Å². The zero-order chi connectivity index (χ0) is 18.2. The molecule has 2 fully saturated rings. The van der Waals surface area contributed by atoms with Gasteiger partial charge in [-0.2, -0.15) is 18.4 Å². The van der Waals surface area contributed by atoms with Crippen molar-refractivity contribution in [1.82, 2.24) is 0 Å². The molecule has 0 aromatic heterocycles. The summed E-state index contributed by atoms with van der Waals surface area (Å²) in [4.78, 5) is 0. The average molecular weight is 370 g/mol. The third-order valence-corrected chi connectivity index (χ3v) is 7.45. The van der Waals surface area contributed by atoms with Crippen LogP contribution in [-0.4, -0.2) is 31.9 Å². The Balaban J connectivity index is 1.79. The second-order valence-electron chi connectivity index (χ2n) is 6.61. The first-order valence-corrected chi connectivity index (χ1v) is 9.08. The van der Waals surface area contributed by atoms with Gasteiger partial charge < -0.3 is 4.74 Å². The summed E-state index contributed by atoms with van der Waals surface area (Å²) >= 11 is 0. The van der Waals surface area contributed by atoms with Crippen molar-refractivity contribution in [2.75, 3.05) is 10.8 Å². The summed E-state index contributed by atoms with van der Waals surface area (Å²) in [6, 6.07) is 4.47. The van der Waals surface area contributed by atoms with Crippen LogP contribution in [0.3, 0.4) is 0 Å². The molecule has 0 saturated carbocycles. The molecule has 4 rings (SSSR count). The number of sulfonamides is 1. The van der Waals surface area contributed by atoms with Gasteiger partial charge in [-0.1, -0.05) is 12.2 Å². The number of fused-ring (bicyclic) bond motifs is 5. The van der Waals surface area contributed by atoms with Gasteiger partial charge >= 0.3 is 6.18 Å². The topological polar surface area (TPSA) is 70.4 Å². The summed E-state index contributed by atoms with van der Waals surface area (Å²) in [5, 5.41) is 8.08. The molecule has 3 aliphatic heterocycles. The molecule has 3 aliphatic rings. The number of benzene rings is 1. The Morgan fingerprint density at radius 1 is 1.40 bits per heavy atom. The van der Waals surface area contributed by atoms with Crippen LogP contribution in [-0.2, 0) is 20.9 Å². The molecular formula is C16H13F3N2O3S. The summed E-state index contributed by atoms with van der Waals surface area (Å²) in [6.07, 6.45) is -1.80. The largest absolute Gasteiger partial charge is 0.417 e. The van der Waals surface area contributed by atoms with Crippen LogP contribution >= 0.6 is 0 Å². The normalized spacial score (nSPS) is 35.0. The summed E-state index contributed by atoms with van der Waals surface area (Å²) in [5.74, 6) is -0.350. The molecular weight excluding hydrogens is 357 g/mol. The molecule has 3 heterocycles. The van der Waals surface area contributed by atoms with Gasteiger partial charge in [0.1, 0.15) is 5.25 Å². The second-order valence-corrected chi connectivity index (χ2v) is 8.63. The van der Waals surface area contributed by atoms with E-state index in [-0.39, 0.29) is 18.2 Å². The van der Waals surface area contributed by atoms with Gasteiger partial charge in [0.05, 0.1) is 34.6 Å². The molecule has 1 aromatic carbocycles. The first-order valence-electron chi connectivity index (χ1n) is 7.58. The Bertz CT molecular complexity index is 935. The van der Waals surface area contributed by atoms with E-state index in [1.807, 2.05) is 6.08 Å². The summed E-state index contributed by atoms with van der Waals surface area (Å²) in [6.45, 7) is 1.83. The predicted molar refractivity (Wildman–Crippen MR) is 82.1 cm³/mol. The molecule has 0 amide bonds. The van der Waals surface area contributed by atoms with Gasteiger partial charge in [0, 0.05) is 12.5 Å². The van der Waals surface area contributed by atoms with Crippen molar-refractivity contribution >= 4 is 15.7 Å². The molecule has 0 unspecified atom stereocenters. The summed E-state index contributed by atoms with van der Waals surface area (Å²) in [5.41, 5.74) is -2.48. The van der Waals surface area contributed by atoms with Gasteiger partial charge in [-0.15, -0.1) is 0 Å². The molecule has 132 valence electrons. The second kappa shape index (κ2) is 4.77. The molecule has 0 aliphatic carbocycles. The van der Waals surface area contributed by atoms with E-state index in [0.29, 0.717) is 0 Å². The van der Waals surface area contributed by atoms with Crippen LogP contribution in [0.5, 0.6) is 0 Å². The van der Waals surface area contributed by atoms with Crippen molar-refractivity contribution in [3.63, 3.8) is 0 Å². The zero-order valence-corrected chi connectivity index (χ0v) is 13.8. The quantitative estimate of drug-likeness (QED) is 0.712. The minimum Gasteiger partial charge on any atom is -0.362 e. The van der Waals surface area contributed by atoms with Crippen molar-refractivity contribution in [3.05, 3.63) is 41.5 Å². The summed E-state index contributed by atoms with van der Waals surface area (Å²) < 4.78 is 72.0. The van der Waals surface area contributed by atoms with Crippen molar-refractivity contribution in [3.8, 4) is 6.07 Å².